The summed E-state index contributed by atoms with van der Waals surface area (Å²) < 4.78 is 9.60. The van der Waals surface area contributed by atoms with E-state index in [4.69, 9.17) is 9.47 Å². The number of nitrogens with one attached hydrogen (secondary N) is 1. The highest BCUT2D eigenvalue weighted by atomic mass is 16.5. The van der Waals surface area contributed by atoms with Crippen molar-refractivity contribution in [3.63, 3.8) is 0 Å². The second-order valence-corrected chi connectivity index (χ2v) is 6.70. The van der Waals surface area contributed by atoms with Crippen LogP contribution in [0.1, 0.15) is 26.7 Å². The van der Waals surface area contributed by atoms with Crippen LogP contribution in [0.2, 0.25) is 0 Å². The number of carbonyl (C=O) groups is 4. The predicted octanol–water partition coefficient (Wildman–Crippen LogP) is -0.0458. The van der Waals surface area contributed by atoms with Crippen LogP contribution in [-0.2, 0) is 28.7 Å². The Hall–Kier alpha value is -2.12. The monoisotopic (exact) mass is 327 g/mol. The standard InChI is InChI=1S/C15H21NO7/c1-14(2,11(18)19)8-6-15(12(20)22-3,13(21)23-4)7-5-9(17)16-10(7)8/h7-8,10H,5-6H2,1-4H3,(H,16,17)(H,18,19)/t7-,8+,10+/m0/s1. The number of carboxylic acid groups (broad SMARTS) is 1. The van der Waals surface area contributed by atoms with E-state index in [0.29, 0.717) is 0 Å². The van der Waals surface area contributed by atoms with Gasteiger partial charge in [-0.05, 0) is 26.2 Å². The minimum Gasteiger partial charge on any atom is -0.481 e. The van der Waals surface area contributed by atoms with Gasteiger partial charge in [0, 0.05) is 18.4 Å². The summed E-state index contributed by atoms with van der Waals surface area (Å²) in [6.45, 7) is 3.04. The minimum atomic E-state index is -1.66. The van der Waals surface area contributed by atoms with Gasteiger partial charge in [-0.2, -0.15) is 0 Å². The van der Waals surface area contributed by atoms with Crippen LogP contribution < -0.4 is 5.32 Å². The third-order valence-electron chi connectivity index (χ3n) is 5.35. The number of methoxy groups -OCH3 is 2. The maximum absolute atomic E-state index is 12.4. The molecule has 2 fully saturated rings. The topological polar surface area (TPSA) is 119 Å². The third kappa shape index (κ3) is 2.27. The molecule has 23 heavy (non-hydrogen) atoms. The molecule has 0 unspecified atom stereocenters. The zero-order valence-electron chi connectivity index (χ0n) is 13.5. The van der Waals surface area contributed by atoms with Crippen LogP contribution in [0, 0.1) is 22.7 Å². The lowest BCUT2D eigenvalue weighted by Crippen LogP contribution is -2.45. The first-order valence-electron chi connectivity index (χ1n) is 7.32. The van der Waals surface area contributed by atoms with Crippen LogP contribution in [0.15, 0.2) is 0 Å². The summed E-state index contributed by atoms with van der Waals surface area (Å²) in [6.07, 6.45) is -0.0810. The van der Waals surface area contributed by atoms with Gasteiger partial charge in [-0.3, -0.25) is 19.2 Å². The van der Waals surface area contributed by atoms with Gasteiger partial charge in [0.25, 0.3) is 0 Å². The first-order chi connectivity index (χ1) is 10.6. The summed E-state index contributed by atoms with van der Waals surface area (Å²) in [7, 11) is 2.31. The SMILES string of the molecule is COC(=O)C1(C(=O)OC)C[C@@H](C(C)(C)C(=O)O)[C@@H]2NC(=O)C[C@@H]21. The van der Waals surface area contributed by atoms with Crippen LogP contribution in [0.5, 0.6) is 0 Å². The highest BCUT2D eigenvalue weighted by Crippen LogP contribution is 2.56. The first-order valence-corrected chi connectivity index (χ1v) is 7.32. The average Bonchev–Trinajstić information content (AvgIpc) is 3.01. The number of rotatable bonds is 4. The first kappa shape index (κ1) is 17.2. The molecule has 128 valence electrons. The summed E-state index contributed by atoms with van der Waals surface area (Å²) in [5.74, 6) is -4.25. The van der Waals surface area contributed by atoms with E-state index in [-0.39, 0.29) is 18.7 Å². The Morgan fingerprint density at radius 3 is 2.17 bits per heavy atom. The van der Waals surface area contributed by atoms with Crippen molar-refractivity contribution in [2.24, 2.45) is 22.7 Å². The Balaban J connectivity index is 2.57. The molecular weight excluding hydrogens is 306 g/mol. The van der Waals surface area contributed by atoms with Crippen LogP contribution in [0.4, 0.5) is 0 Å². The number of esters is 2. The molecule has 0 bridgehead atoms. The zero-order chi connectivity index (χ0) is 17.6. The Morgan fingerprint density at radius 2 is 1.74 bits per heavy atom. The molecule has 0 aromatic rings. The highest BCUT2D eigenvalue weighted by molar-refractivity contribution is 6.02. The van der Waals surface area contributed by atoms with Crippen LogP contribution >= 0.6 is 0 Å². The van der Waals surface area contributed by atoms with E-state index >= 15 is 0 Å². The van der Waals surface area contributed by atoms with Crippen molar-refractivity contribution >= 4 is 23.8 Å². The summed E-state index contributed by atoms with van der Waals surface area (Å²) >= 11 is 0. The number of fused-ring (bicyclic) bond motifs is 1. The number of carboxylic acids is 1. The van der Waals surface area contributed by atoms with Gasteiger partial charge in [0.05, 0.1) is 19.6 Å². The second kappa shape index (κ2) is 5.50. The molecule has 2 rings (SSSR count). The Labute approximate surface area is 133 Å². The fraction of sp³-hybridized carbons (Fsp3) is 0.733. The van der Waals surface area contributed by atoms with E-state index < -0.39 is 46.6 Å². The number of hydrogen-bond donors (Lipinski definition) is 2. The molecule has 0 radical (unpaired) electrons. The Morgan fingerprint density at radius 1 is 1.22 bits per heavy atom. The molecule has 2 aliphatic rings. The van der Waals surface area contributed by atoms with Crippen molar-refractivity contribution in [2.45, 2.75) is 32.7 Å². The molecule has 1 amide bonds. The maximum Gasteiger partial charge on any atom is 0.323 e. The molecule has 3 atom stereocenters. The summed E-state index contributed by atoms with van der Waals surface area (Å²) in [4.78, 5) is 48.3. The molecule has 0 aromatic heterocycles. The largest absolute Gasteiger partial charge is 0.481 e. The highest BCUT2D eigenvalue weighted by Gasteiger charge is 2.69. The van der Waals surface area contributed by atoms with E-state index in [1.54, 1.807) is 0 Å². The zero-order valence-corrected chi connectivity index (χ0v) is 13.5. The fourth-order valence-electron chi connectivity index (χ4n) is 3.94. The molecular formula is C15H21NO7. The predicted molar refractivity (Wildman–Crippen MR) is 76.0 cm³/mol. The van der Waals surface area contributed by atoms with Gasteiger partial charge in [0.2, 0.25) is 5.91 Å². The van der Waals surface area contributed by atoms with Crippen molar-refractivity contribution in [3.05, 3.63) is 0 Å². The van der Waals surface area contributed by atoms with Crippen molar-refractivity contribution < 1.29 is 33.8 Å². The number of ether oxygens (including phenoxy) is 2. The number of amides is 1. The lowest BCUT2D eigenvalue weighted by molar-refractivity contribution is -0.173. The lowest BCUT2D eigenvalue weighted by Gasteiger charge is -2.31. The average molecular weight is 327 g/mol. The van der Waals surface area contributed by atoms with E-state index in [2.05, 4.69) is 5.32 Å². The van der Waals surface area contributed by atoms with Gasteiger partial charge < -0.3 is 19.9 Å². The normalized spacial score (nSPS) is 28.7. The van der Waals surface area contributed by atoms with Crippen molar-refractivity contribution in [1.82, 2.24) is 5.32 Å². The molecule has 1 saturated heterocycles. The summed E-state index contributed by atoms with van der Waals surface area (Å²) in [6, 6.07) is -0.591. The van der Waals surface area contributed by atoms with E-state index in [1.807, 2.05) is 0 Å². The van der Waals surface area contributed by atoms with E-state index in [0.717, 1.165) is 14.2 Å². The van der Waals surface area contributed by atoms with Gasteiger partial charge in [0.15, 0.2) is 5.41 Å². The van der Waals surface area contributed by atoms with E-state index in [1.165, 1.54) is 13.8 Å². The smallest absolute Gasteiger partial charge is 0.323 e. The fourth-order valence-corrected chi connectivity index (χ4v) is 3.94. The molecule has 0 spiro atoms. The third-order valence-corrected chi connectivity index (χ3v) is 5.35. The van der Waals surface area contributed by atoms with Gasteiger partial charge in [-0.1, -0.05) is 0 Å². The number of aliphatic carboxylic acids is 1. The van der Waals surface area contributed by atoms with Crippen molar-refractivity contribution in [1.29, 1.82) is 0 Å². The molecule has 1 aliphatic carbocycles. The molecule has 2 N–H and O–H groups in total. The molecule has 1 aliphatic heterocycles. The quantitative estimate of drug-likeness (QED) is 0.549. The van der Waals surface area contributed by atoms with Crippen molar-refractivity contribution in [2.75, 3.05) is 14.2 Å². The van der Waals surface area contributed by atoms with Gasteiger partial charge >= 0.3 is 17.9 Å². The maximum atomic E-state index is 12.4. The summed E-state index contributed by atoms with van der Waals surface area (Å²) in [5, 5.41) is 12.2. The minimum absolute atomic E-state index is 0.0404. The molecule has 8 nitrogen and oxygen atoms in total. The summed E-state index contributed by atoms with van der Waals surface area (Å²) in [5.41, 5.74) is -2.89. The van der Waals surface area contributed by atoms with Gasteiger partial charge in [0.1, 0.15) is 0 Å². The molecule has 1 saturated carbocycles. The Bertz CT molecular complexity index is 552. The van der Waals surface area contributed by atoms with Crippen LogP contribution in [-0.4, -0.2) is 49.2 Å². The Kier molecular flexibility index (Phi) is 4.13. The van der Waals surface area contributed by atoms with Gasteiger partial charge in [-0.15, -0.1) is 0 Å². The number of carbonyl (C=O) groups excluding carboxylic acids is 3. The lowest BCUT2D eigenvalue weighted by atomic mass is 9.73. The molecule has 0 aromatic carbocycles. The molecule has 8 heteroatoms. The van der Waals surface area contributed by atoms with Gasteiger partial charge in [-0.25, -0.2) is 0 Å². The molecule has 1 heterocycles. The second-order valence-electron chi connectivity index (χ2n) is 6.70. The van der Waals surface area contributed by atoms with Crippen LogP contribution in [0.3, 0.4) is 0 Å². The van der Waals surface area contributed by atoms with Crippen molar-refractivity contribution in [3.8, 4) is 0 Å². The van der Waals surface area contributed by atoms with E-state index in [9.17, 15) is 24.3 Å². The number of hydrogen-bond acceptors (Lipinski definition) is 6. The van der Waals surface area contributed by atoms with Crippen LogP contribution in [0.25, 0.3) is 0 Å².